The van der Waals surface area contributed by atoms with Crippen molar-refractivity contribution in [1.82, 2.24) is 19.5 Å². The number of aromatic nitrogens is 4. The van der Waals surface area contributed by atoms with E-state index in [2.05, 4.69) is 193 Å². The van der Waals surface area contributed by atoms with E-state index in [1.165, 1.54) is 32.3 Å². The Morgan fingerprint density at radius 2 is 0.935 bits per heavy atom. The highest BCUT2D eigenvalue weighted by Crippen LogP contribution is 2.43. The van der Waals surface area contributed by atoms with Crippen molar-refractivity contribution in [3.63, 3.8) is 0 Å². The summed E-state index contributed by atoms with van der Waals surface area (Å²) in [6.45, 7) is 0. The fourth-order valence-corrected chi connectivity index (χ4v) is 9.45. The molecule has 0 aliphatic heterocycles. The summed E-state index contributed by atoms with van der Waals surface area (Å²) >= 11 is 0. The summed E-state index contributed by atoms with van der Waals surface area (Å²) in [5.41, 5.74) is 9.74. The molecule has 3 aromatic heterocycles. The van der Waals surface area contributed by atoms with Gasteiger partial charge in [0.2, 0.25) is 0 Å². The first-order valence-electron chi connectivity index (χ1n) is 20.9. The number of fused-ring (bicyclic) bond motifs is 10. The first-order chi connectivity index (χ1) is 30.7. The van der Waals surface area contributed by atoms with E-state index in [9.17, 15) is 0 Å². The fourth-order valence-electron chi connectivity index (χ4n) is 9.45. The van der Waals surface area contributed by atoms with Crippen LogP contribution in [0.3, 0.4) is 0 Å². The first kappa shape index (κ1) is 34.5. The first-order valence-corrected chi connectivity index (χ1v) is 20.9. The molecule has 0 amide bonds. The summed E-state index contributed by atoms with van der Waals surface area (Å²) in [5.74, 6) is 1.80. The maximum Gasteiger partial charge on any atom is 0.164 e. The van der Waals surface area contributed by atoms with Gasteiger partial charge in [0.1, 0.15) is 5.58 Å². The topological polar surface area (TPSA) is 56.7 Å². The Morgan fingerprint density at radius 1 is 0.339 bits per heavy atom. The van der Waals surface area contributed by atoms with Crippen molar-refractivity contribution in [3.05, 3.63) is 206 Å². The SMILES string of the molecule is c1ccc(-c2ccc(-c3nc(-c4cc(-n5c6cc7ccccc7cc6c6c7ccccc7ccc65)c5oc6ccccc6c5c4)nc(-c4cccc5ccccc45)n3)cc2)cc1. The Kier molecular flexibility index (Phi) is 7.54. The minimum Gasteiger partial charge on any atom is -0.454 e. The Labute approximate surface area is 355 Å². The third-order valence-corrected chi connectivity index (χ3v) is 12.4. The van der Waals surface area contributed by atoms with Gasteiger partial charge in [0.05, 0.1) is 16.7 Å². The minimum atomic E-state index is 0.579. The standard InChI is InChI=1S/C57H34N4O/c1-2-13-35(14-3-1)36-25-27-39(28-26-36)55-58-56(60-57(59-55)46-23-12-19-37-15-6-8-20-43(37)46)42-32-47-45-22-10-11-24-52(45)62-54(47)51(34-42)61-49-30-29-38-16-7-9-21-44(38)53(49)48-31-40-17-4-5-18-41(40)33-50(48)61/h1-34H. The van der Waals surface area contributed by atoms with Gasteiger partial charge < -0.3 is 8.98 Å². The van der Waals surface area contributed by atoms with E-state index in [0.29, 0.717) is 17.5 Å². The van der Waals surface area contributed by atoms with E-state index in [1.54, 1.807) is 0 Å². The van der Waals surface area contributed by atoms with Crippen LogP contribution in [0, 0.1) is 0 Å². The highest BCUT2D eigenvalue weighted by molar-refractivity contribution is 6.24. The average molecular weight is 791 g/mol. The molecule has 0 atom stereocenters. The zero-order chi connectivity index (χ0) is 40.7. The van der Waals surface area contributed by atoms with Crippen LogP contribution in [-0.4, -0.2) is 19.5 Å². The molecule has 0 fully saturated rings. The van der Waals surface area contributed by atoms with Crippen molar-refractivity contribution < 1.29 is 4.42 Å². The Balaban J connectivity index is 1.11. The molecule has 10 aromatic carbocycles. The maximum absolute atomic E-state index is 6.88. The van der Waals surface area contributed by atoms with Gasteiger partial charge in [0.25, 0.3) is 0 Å². The second kappa shape index (κ2) is 13.6. The lowest BCUT2D eigenvalue weighted by molar-refractivity contribution is 0.666. The molecule has 0 N–H and O–H groups in total. The van der Waals surface area contributed by atoms with Crippen LogP contribution in [-0.2, 0) is 0 Å². The maximum atomic E-state index is 6.88. The van der Waals surface area contributed by atoms with E-state index in [4.69, 9.17) is 19.4 Å². The third-order valence-electron chi connectivity index (χ3n) is 12.4. The van der Waals surface area contributed by atoms with E-state index in [0.717, 1.165) is 77.2 Å². The molecule has 13 aromatic rings. The number of rotatable bonds is 5. The van der Waals surface area contributed by atoms with Gasteiger partial charge in [-0.15, -0.1) is 0 Å². The molecular weight excluding hydrogens is 757 g/mol. The van der Waals surface area contributed by atoms with Gasteiger partial charge in [0, 0.05) is 38.2 Å². The van der Waals surface area contributed by atoms with Crippen LogP contribution >= 0.6 is 0 Å². The second-order valence-corrected chi connectivity index (χ2v) is 16.0. The van der Waals surface area contributed by atoms with Gasteiger partial charge in [-0.05, 0) is 79.8 Å². The summed E-state index contributed by atoms with van der Waals surface area (Å²) in [6.07, 6.45) is 0. The molecule has 3 heterocycles. The van der Waals surface area contributed by atoms with Gasteiger partial charge in [0.15, 0.2) is 23.1 Å². The molecule has 0 saturated carbocycles. The highest BCUT2D eigenvalue weighted by Gasteiger charge is 2.23. The van der Waals surface area contributed by atoms with Crippen LogP contribution in [0.15, 0.2) is 211 Å². The number of benzene rings is 10. The largest absolute Gasteiger partial charge is 0.454 e. The Hall–Kier alpha value is -8.41. The predicted octanol–water partition coefficient (Wildman–Crippen LogP) is 15.0. The Morgan fingerprint density at radius 3 is 1.74 bits per heavy atom. The molecule has 0 spiro atoms. The van der Waals surface area contributed by atoms with E-state index < -0.39 is 0 Å². The Bertz CT molecular complexity index is 3910. The van der Waals surface area contributed by atoms with Crippen molar-refractivity contribution in [1.29, 1.82) is 0 Å². The molecular formula is C57H34N4O. The minimum absolute atomic E-state index is 0.579. The van der Waals surface area contributed by atoms with Gasteiger partial charge >= 0.3 is 0 Å². The lowest BCUT2D eigenvalue weighted by Gasteiger charge is -2.13. The lowest BCUT2D eigenvalue weighted by Crippen LogP contribution is -2.02. The second-order valence-electron chi connectivity index (χ2n) is 16.0. The average Bonchev–Trinajstić information content (AvgIpc) is 3.88. The summed E-state index contributed by atoms with van der Waals surface area (Å²) in [5, 5.41) is 11.4. The van der Waals surface area contributed by atoms with Gasteiger partial charge in [-0.1, -0.05) is 170 Å². The zero-order valence-corrected chi connectivity index (χ0v) is 33.3. The van der Waals surface area contributed by atoms with Gasteiger partial charge in [-0.25, -0.2) is 15.0 Å². The summed E-state index contributed by atoms with van der Waals surface area (Å²) in [4.78, 5) is 15.9. The molecule has 0 radical (unpaired) electrons. The summed E-state index contributed by atoms with van der Waals surface area (Å²) < 4.78 is 9.26. The van der Waals surface area contributed by atoms with Crippen LogP contribution < -0.4 is 0 Å². The molecule has 0 aliphatic carbocycles. The molecule has 5 heteroatoms. The molecule has 5 nitrogen and oxygen atoms in total. The van der Waals surface area contributed by atoms with Crippen molar-refractivity contribution in [2.75, 3.05) is 0 Å². The molecule has 0 unspecified atom stereocenters. The van der Waals surface area contributed by atoms with E-state index in [1.807, 2.05) is 18.2 Å². The number of para-hydroxylation sites is 1. The highest BCUT2D eigenvalue weighted by atomic mass is 16.3. The van der Waals surface area contributed by atoms with Crippen molar-refractivity contribution in [3.8, 4) is 51.0 Å². The van der Waals surface area contributed by atoms with Crippen LogP contribution in [0.2, 0.25) is 0 Å². The predicted molar refractivity (Wildman–Crippen MR) is 256 cm³/mol. The monoisotopic (exact) mass is 790 g/mol. The molecule has 0 saturated heterocycles. The van der Waals surface area contributed by atoms with Crippen LogP contribution in [0.4, 0.5) is 0 Å². The molecule has 0 aliphatic rings. The molecule has 62 heavy (non-hydrogen) atoms. The molecule has 0 bridgehead atoms. The van der Waals surface area contributed by atoms with Crippen molar-refractivity contribution in [2.45, 2.75) is 0 Å². The van der Waals surface area contributed by atoms with Crippen molar-refractivity contribution >= 4 is 76.1 Å². The number of nitrogens with zero attached hydrogens (tertiary/aromatic N) is 4. The zero-order valence-electron chi connectivity index (χ0n) is 33.3. The van der Waals surface area contributed by atoms with E-state index >= 15 is 0 Å². The van der Waals surface area contributed by atoms with Crippen LogP contribution in [0.5, 0.6) is 0 Å². The number of furan rings is 1. The number of hydrogen-bond donors (Lipinski definition) is 0. The normalized spacial score (nSPS) is 11.9. The van der Waals surface area contributed by atoms with Gasteiger partial charge in [-0.3, -0.25) is 0 Å². The van der Waals surface area contributed by atoms with Crippen molar-refractivity contribution in [2.24, 2.45) is 0 Å². The molecule has 13 rings (SSSR count). The van der Waals surface area contributed by atoms with Crippen LogP contribution in [0.25, 0.3) is 127 Å². The molecule has 288 valence electrons. The summed E-state index contributed by atoms with van der Waals surface area (Å²) in [7, 11) is 0. The fraction of sp³-hybridized carbons (Fsp3) is 0. The smallest absolute Gasteiger partial charge is 0.164 e. The lowest BCUT2D eigenvalue weighted by atomic mass is 10.0. The summed E-state index contributed by atoms with van der Waals surface area (Å²) in [6, 6.07) is 72.7. The van der Waals surface area contributed by atoms with E-state index in [-0.39, 0.29) is 0 Å². The van der Waals surface area contributed by atoms with Gasteiger partial charge in [-0.2, -0.15) is 0 Å². The quantitative estimate of drug-likeness (QED) is 0.174. The third kappa shape index (κ3) is 5.38. The number of hydrogen-bond acceptors (Lipinski definition) is 4. The van der Waals surface area contributed by atoms with Crippen LogP contribution in [0.1, 0.15) is 0 Å².